The molecule has 4 aromatic rings. The van der Waals surface area contributed by atoms with E-state index in [0.29, 0.717) is 18.2 Å². The summed E-state index contributed by atoms with van der Waals surface area (Å²) in [6.45, 7) is 2.60. The number of nitrogens with zero attached hydrogens (tertiary/aromatic N) is 3. The third kappa shape index (κ3) is 4.85. The second kappa shape index (κ2) is 8.13. The topological polar surface area (TPSA) is 87.1 Å². The molecule has 0 bridgehead atoms. The number of aromatic nitrogens is 4. The second-order valence-electron chi connectivity index (χ2n) is 7.06. The van der Waals surface area contributed by atoms with Gasteiger partial charge in [-0.25, -0.2) is 4.98 Å². The third-order valence-electron chi connectivity index (χ3n) is 4.63. The van der Waals surface area contributed by atoms with Gasteiger partial charge in [-0.1, -0.05) is 35.9 Å². The van der Waals surface area contributed by atoms with Crippen molar-refractivity contribution in [1.82, 2.24) is 19.6 Å². The van der Waals surface area contributed by atoms with Crippen LogP contribution < -0.4 is 16.2 Å². The summed E-state index contributed by atoms with van der Waals surface area (Å²) in [5, 5.41) is 8.81. The highest BCUT2D eigenvalue weighted by Crippen LogP contribution is 2.30. The molecule has 31 heavy (non-hydrogen) atoms. The fourth-order valence-electron chi connectivity index (χ4n) is 2.99. The minimum absolute atomic E-state index is 0.0754. The molecule has 0 fully saturated rings. The molecule has 0 radical (unpaired) electrons. The van der Waals surface area contributed by atoms with Crippen molar-refractivity contribution in [2.75, 3.05) is 10.6 Å². The van der Waals surface area contributed by atoms with E-state index in [1.807, 2.05) is 31.2 Å². The van der Waals surface area contributed by atoms with Crippen LogP contribution in [0.4, 0.5) is 24.8 Å². The number of aromatic amines is 1. The Kier molecular flexibility index (Phi) is 5.37. The van der Waals surface area contributed by atoms with Crippen LogP contribution in [0.15, 0.2) is 59.4 Å². The van der Waals surface area contributed by atoms with Gasteiger partial charge in [-0.2, -0.15) is 22.7 Å². The normalized spacial score (nSPS) is 11.6. The van der Waals surface area contributed by atoms with Crippen LogP contribution >= 0.6 is 0 Å². The third-order valence-corrected chi connectivity index (χ3v) is 4.63. The Hall–Kier alpha value is -3.82. The standard InChI is InChI=1S/C21H19F3N6O/c1-13-5-7-14(8-6-13)11-26-19-28-20-27-17(10-18(31)30(20)29-19)12-25-16-4-2-3-15(9-16)21(22,23)24/h2-10,25H,11-12H2,1H3,(H2,26,27,28,29). The Morgan fingerprint density at radius 2 is 1.77 bits per heavy atom. The summed E-state index contributed by atoms with van der Waals surface area (Å²) >= 11 is 0. The van der Waals surface area contributed by atoms with Crippen LogP contribution in [0.5, 0.6) is 0 Å². The molecule has 0 aliphatic rings. The average Bonchev–Trinajstić information content (AvgIpc) is 3.15. The van der Waals surface area contributed by atoms with E-state index >= 15 is 0 Å². The molecule has 0 saturated heterocycles. The molecular weight excluding hydrogens is 409 g/mol. The smallest absolute Gasteiger partial charge is 0.379 e. The average molecular weight is 428 g/mol. The van der Waals surface area contributed by atoms with Gasteiger partial charge < -0.3 is 10.6 Å². The van der Waals surface area contributed by atoms with Gasteiger partial charge in [0.1, 0.15) is 0 Å². The number of anilines is 2. The number of alkyl halides is 3. The molecule has 0 spiro atoms. The van der Waals surface area contributed by atoms with Crippen molar-refractivity contribution < 1.29 is 13.2 Å². The zero-order valence-electron chi connectivity index (χ0n) is 16.5. The van der Waals surface area contributed by atoms with E-state index in [4.69, 9.17) is 0 Å². The predicted octanol–water partition coefficient (Wildman–Crippen LogP) is 3.97. The Bertz CT molecular complexity index is 1260. The van der Waals surface area contributed by atoms with Crippen molar-refractivity contribution in [2.45, 2.75) is 26.2 Å². The van der Waals surface area contributed by atoms with Crippen LogP contribution in [0, 0.1) is 6.92 Å². The first kappa shape index (κ1) is 20.5. The number of H-pyrrole nitrogens is 1. The van der Waals surface area contributed by atoms with E-state index in [0.717, 1.165) is 23.3 Å². The van der Waals surface area contributed by atoms with Crippen molar-refractivity contribution in [1.29, 1.82) is 0 Å². The van der Waals surface area contributed by atoms with Crippen LogP contribution in [0.25, 0.3) is 5.78 Å². The monoisotopic (exact) mass is 428 g/mol. The van der Waals surface area contributed by atoms with Gasteiger partial charge >= 0.3 is 6.18 Å². The van der Waals surface area contributed by atoms with Crippen molar-refractivity contribution in [2.24, 2.45) is 0 Å². The van der Waals surface area contributed by atoms with Gasteiger partial charge in [-0.3, -0.25) is 9.89 Å². The Morgan fingerprint density at radius 3 is 2.52 bits per heavy atom. The first-order chi connectivity index (χ1) is 14.8. The summed E-state index contributed by atoms with van der Waals surface area (Å²) in [6.07, 6.45) is -4.43. The molecule has 160 valence electrons. The maximum atomic E-state index is 12.8. The van der Waals surface area contributed by atoms with Crippen molar-refractivity contribution in [3.8, 4) is 0 Å². The van der Waals surface area contributed by atoms with E-state index in [2.05, 4.69) is 25.7 Å². The molecule has 10 heteroatoms. The zero-order valence-corrected chi connectivity index (χ0v) is 16.5. The fourth-order valence-corrected chi connectivity index (χ4v) is 2.99. The highest BCUT2D eigenvalue weighted by atomic mass is 19.4. The lowest BCUT2D eigenvalue weighted by atomic mass is 10.1. The van der Waals surface area contributed by atoms with Crippen LogP contribution in [-0.4, -0.2) is 19.6 Å². The predicted molar refractivity (Wildman–Crippen MR) is 111 cm³/mol. The molecule has 2 aromatic heterocycles. The second-order valence-corrected chi connectivity index (χ2v) is 7.06. The lowest BCUT2D eigenvalue weighted by Crippen LogP contribution is -2.17. The van der Waals surface area contributed by atoms with E-state index in [9.17, 15) is 18.0 Å². The van der Waals surface area contributed by atoms with Gasteiger partial charge in [-0.15, -0.1) is 0 Å². The highest BCUT2D eigenvalue weighted by Gasteiger charge is 2.30. The fraction of sp³-hybridized carbons (Fsp3) is 0.190. The number of benzene rings is 2. The number of aryl methyl sites for hydroxylation is 1. The first-order valence-corrected chi connectivity index (χ1v) is 9.47. The molecule has 7 nitrogen and oxygen atoms in total. The van der Waals surface area contributed by atoms with Gasteiger partial charge in [0.15, 0.2) is 0 Å². The molecule has 0 aliphatic carbocycles. The zero-order chi connectivity index (χ0) is 22.0. The maximum Gasteiger partial charge on any atom is 0.416 e. The largest absolute Gasteiger partial charge is 0.416 e. The van der Waals surface area contributed by atoms with Crippen LogP contribution in [0.1, 0.15) is 22.4 Å². The van der Waals surface area contributed by atoms with Gasteiger partial charge in [0.05, 0.1) is 17.8 Å². The number of hydrogen-bond donors (Lipinski definition) is 3. The van der Waals surface area contributed by atoms with Crippen LogP contribution in [-0.2, 0) is 19.3 Å². The van der Waals surface area contributed by atoms with Gasteiger partial charge in [0.2, 0.25) is 5.95 Å². The quantitative estimate of drug-likeness (QED) is 0.433. The number of hydrogen-bond acceptors (Lipinski definition) is 5. The van der Waals surface area contributed by atoms with Crippen molar-refractivity contribution in [3.05, 3.63) is 87.3 Å². The van der Waals surface area contributed by atoms with Gasteiger partial charge in [0, 0.05) is 18.3 Å². The SMILES string of the molecule is Cc1ccc(CNc2nc3nc(CNc4cccc(C(F)(F)F)c4)cc(=O)n3[nH]2)cc1. The molecule has 3 N–H and O–H groups in total. The minimum Gasteiger partial charge on any atom is -0.379 e. The van der Waals surface area contributed by atoms with E-state index in [1.54, 1.807) is 0 Å². The number of fused-ring (bicyclic) bond motifs is 1. The molecule has 4 rings (SSSR count). The number of halogens is 3. The number of nitrogens with one attached hydrogen (secondary N) is 3. The van der Waals surface area contributed by atoms with E-state index in [1.165, 1.54) is 22.7 Å². The van der Waals surface area contributed by atoms with E-state index in [-0.39, 0.29) is 23.6 Å². The lowest BCUT2D eigenvalue weighted by Gasteiger charge is -2.10. The van der Waals surface area contributed by atoms with E-state index < -0.39 is 11.7 Å². The molecule has 0 atom stereocenters. The Balaban J connectivity index is 1.47. The Morgan fingerprint density at radius 1 is 1.00 bits per heavy atom. The van der Waals surface area contributed by atoms with Crippen molar-refractivity contribution >= 4 is 17.4 Å². The lowest BCUT2D eigenvalue weighted by molar-refractivity contribution is -0.137. The Labute approximate surface area is 175 Å². The summed E-state index contributed by atoms with van der Waals surface area (Å²) in [4.78, 5) is 21.0. The van der Waals surface area contributed by atoms with Crippen molar-refractivity contribution in [3.63, 3.8) is 0 Å². The first-order valence-electron chi connectivity index (χ1n) is 9.47. The molecule has 0 aliphatic heterocycles. The van der Waals surface area contributed by atoms with Gasteiger partial charge in [-0.05, 0) is 30.7 Å². The summed E-state index contributed by atoms with van der Waals surface area (Å²) in [5.74, 6) is 0.549. The summed E-state index contributed by atoms with van der Waals surface area (Å²) < 4.78 is 39.7. The molecule has 2 heterocycles. The van der Waals surface area contributed by atoms with Crippen LogP contribution in [0.3, 0.4) is 0 Å². The molecule has 2 aromatic carbocycles. The number of rotatable bonds is 6. The molecular formula is C21H19F3N6O. The van der Waals surface area contributed by atoms with Crippen LogP contribution in [0.2, 0.25) is 0 Å². The molecule has 0 amide bonds. The molecule has 0 unspecified atom stereocenters. The highest BCUT2D eigenvalue weighted by molar-refractivity contribution is 5.47. The minimum atomic E-state index is -4.43. The van der Waals surface area contributed by atoms with Gasteiger partial charge in [0.25, 0.3) is 11.3 Å². The summed E-state index contributed by atoms with van der Waals surface area (Å²) in [7, 11) is 0. The molecule has 0 saturated carbocycles. The summed E-state index contributed by atoms with van der Waals surface area (Å²) in [6, 6.07) is 14.1. The summed E-state index contributed by atoms with van der Waals surface area (Å²) in [5.41, 5.74) is 1.73. The maximum absolute atomic E-state index is 12.8.